The topological polar surface area (TPSA) is 0 Å². The van der Waals surface area contributed by atoms with Gasteiger partial charge >= 0.3 is 0 Å². The number of halogens is 1. The monoisotopic (exact) mass is 420 g/mol. The van der Waals surface area contributed by atoms with Crippen LogP contribution in [0.25, 0.3) is 11.1 Å². The highest BCUT2D eigenvalue weighted by Crippen LogP contribution is 2.40. The lowest BCUT2D eigenvalue weighted by molar-refractivity contribution is 0.304. The van der Waals surface area contributed by atoms with Gasteiger partial charge in [0.2, 0.25) is 0 Å². The lowest BCUT2D eigenvalue weighted by Gasteiger charge is -2.29. The Balaban J connectivity index is 1.38. The molecule has 2 aliphatic rings. The minimum atomic E-state index is -0.0539. The molecule has 2 aliphatic carbocycles. The van der Waals surface area contributed by atoms with Crippen LogP contribution in [0.4, 0.5) is 4.39 Å². The van der Waals surface area contributed by atoms with Gasteiger partial charge in [-0.3, -0.25) is 0 Å². The Kier molecular flexibility index (Phi) is 7.86. The Labute approximate surface area is 189 Å². The molecule has 2 aromatic carbocycles. The fourth-order valence-corrected chi connectivity index (χ4v) is 6.14. The van der Waals surface area contributed by atoms with Gasteiger partial charge in [-0.15, -0.1) is 0 Å². The van der Waals surface area contributed by atoms with Crippen molar-refractivity contribution in [3.05, 3.63) is 59.4 Å². The smallest absolute Gasteiger partial charge is 0.131 e. The summed E-state index contributed by atoms with van der Waals surface area (Å²) in [4.78, 5) is 0. The molecule has 0 N–H and O–H groups in total. The van der Waals surface area contributed by atoms with Crippen LogP contribution in [-0.2, 0) is 0 Å². The van der Waals surface area contributed by atoms with Crippen LogP contribution in [0, 0.1) is 17.7 Å². The van der Waals surface area contributed by atoms with Crippen molar-refractivity contribution in [2.45, 2.75) is 103 Å². The van der Waals surface area contributed by atoms with E-state index in [1.54, 1.807) is 0 Å². The average Bonchev–Trinajstić information content (AvgIpc) is 2.83. The third-order valence-corrected chi connectivity index (χ3v) is 8.39. The average molecular weight is 421 g/mol. The highest BCUT2D eigenvalue weighted by atomic mass is 19.1. The van der Waals surface area contributed by atoms with Crippen LogP contribution in [0.15, 0.2) is 42.5 Å². The highest BCUT2D eigenvalue weighted by molar-refractivity contribution is 5.65. The molecule has 0 nitrogen and oxygen atoms in total. The molecule has 0 saturated heterocycles. The zero-order valence-electron chi connectivity index (χ0n) is 19.7. The van der Waals surface area contributed by atoms with Crippen molar-refractivity contribution in [1.82, 2.24) is 0 Å². The van der Waals surface area contributed by atoms with E-state index in [2.05, 4.69) is 44.2 Å². The van der Waals surface area contributed by atoms with Gasteiger partial charge in [-0.05, 0) is 97.8 Å². The molecule has 0 radical (unpaired) electrons. The molecule has 0 unspecified atom stereocenters. The van der Waals surface area contributed by atoms with E-state index in [1.165, 1.54) is 88.2 Å². The standard InChI is InChI=1S/C30H41F/c1-3-5-6-23-9-13-26(14-10-23)28-19-20-29(30(31)21-28)27-17-15-25(16-18-27)24-11-7-22(4-2)8-12-24/h15-24,26H,3-14H2,1-2H3. The first-order valence-electron chi connectivity index (χ1n) is 13.1. The van der Waals surface area contributed by atoms with Crippen molar-refractivity contribution in [2.75, 3.05) is 0 Å². The fourth-order valence-electron chi connectivity index (χ4n) is 6.14. The Morgan fingerprint density at radius 2 is 1.29 bits per heavy atom. The molecule has 168 valence electrons. The first-order chi connectivity index (χ1) is 15.2. The van der Waals surface area contributed by atoms with Gasteiger partial charge in [0.1, 0.15) is 5.82 Å². The Bertz CT molecular complexity index is 805. The van der Waals surface area contributed by atoms with Crippen LogP contribution in [0.3, 0.4) is 0 Å². The van der Waals surface area contributed by atoms with E-state index in [0.29, 0.717) is 11.8 Å². The lowest BCUT2D eigenvalue weighted by atomic mass is 9.77. The van der Waals surface area contributed by atoms with Gasteiger partial charge < -0.3 is 0 Å². The second kappa shape index (κ2) is 10.8. The first-order valence-corrected chi connectivity index (χ1v) is 13.1. The summed E-state index contributed by atoms with van der Waals surface area (Å²) in [6.07, 6.45) is 15.8. The molecule has 0 bridgehead atoms. The van der Waals surface area contributed by atoms with Crippen LogP contribution >= 0.6 is 0 Å². The number of hydrogen-bond donors (Lipinski definition) is 0. The summed E-state index contributed by atoms with van der Waals surface area (Å²) in [6.45, 7) is 4.60. The van der Waals surface area contributed by atoms with Gasteiger partial charge in [-0.1, -0.05) is 75.9 Å². The number of hydrogen-bond acceptors (Lipinski definition) is 0. The predicted molar refractivity (Wildman–Crippen MR) is 131 cm³/mol. The van der Waals surface area contributed by atoms with E-state index in [-0.39, 0.29) is 5.82 Å². The number of benzene rings is 2. The molecule has 2 aromatic rings. The number of rotatable bonds is 7. The summed E-state index contributed by atoms with van der Waals surface area (Å²) in [5.41, 5.74) is 4.41. The minimum Gasteiger partial charge on any atom is -0.206 e. The molecule has 0 atom stereocenters. The Morgan fingerprint density at radius 3 is 1.87 bits per heavy atom. The summed E-state index contributed by atoms with van der Waals surface area (Å²) in [7, 11) is 0. The summed E-state index contributed by atoms with van der Waals surface area (Å²) >= 11 is 0. The van der Waals surface area contributed by atoms with Crippen molar-refractivity contribution in [3.8, 4) is 11.1 Å². The molecule has 0 spiro atoms. The maximum Gasteiger partial charge on any atom is 0.131 e. The third-order valence-electron chi connectivity index (χ3n) is 8.39. The van der Waals surface area contributed by atoms with Crippen molar-refractivity contribution >= 4 is 0 Å². The van der Waals surface area contributed by atoms with Crippen LogP contribution in [0.1, 0.15) is 114 Å². The molecule has 0 aromatic heterocycles. The van der Waals surface area contributed by atoms with Gasteiger partial charge in [0.05, 0.1) is 0 Å². The SMILES string of the molecule is CCCCC1CCC(c2ccc(-c3ccc(C4CCC(CC)CC4)cc3)c(F)c2)CC1. The Morgan fingerprint density at radius 1 is 0.710 bits per heavy atom. The molecule has 4 rings (SSSR count). The quantitative estimate of drug-likeness (QED) is 0.418. The third kappa shape index (κ3) is 5.60. The molecule has 0 aliphatic heterocycles. The van der Waals surface area contributed by atoms with E-state index in [4.69, 9.17) is 0 Å². The maximum atomic E-state index is 15.1. The highest BCUT2D eigenvalue weighted by Gasteiger charge is 2.23. The second-order valence-corrected chi connectivity index (χ2v) is 10.3. The normalized spacial score (nSPS) is 26.7. The van der Waals surface area contributed by atoms with Crippen LogP contribution in [0.5, 0.6) is 0 Å². The second-order valence-electron chi connectivity index (χ2n) is 10.3. The summed E-state index contributed by atoms with van der Waals surface area (Å²) in [5.74, 6) is 3.01. The maximum absolute atomic E-state index is 15.1. The van der Waals surface area contributed by atoms with Gasteiger partial charge in [0.25, 0.3) is 0 Å². The summed E-state index contributed by atoms with van der Waals surface area (Å²) < 4.78 is 15.1. The van der Waals surface area contributed by atoms with E-state index in [9.17, 15) is 0 Å². The van der Waals surface area contributed by atoms with E-state index < -0.39 is 0 Å². The van der Waals surface area contributed by atoms with Crippen LogP contribution in [0.2, 0.25) is 0 Å². The molecule has 2 fully saturated rings. The summed E-state index contributed by atoms with van der Waals surface area (Å²) in [5, 5.41) is 0. The van der Waals surface area contributed by atoms with Crippen molar-refractivity contribution in [2.24, 2.45) is 11.8 Å². The molecule has 31 heavy (non-hydrogen) atoms. The fraction of sp³-hybridized carbons (Fsp3) is 0.600. The molecule has 1 heteroatoms. The van der Waals surface area contributed by atoms with Crippen molar-refractivity contribution < 1.29 is 4.39 Å². The molecule has 0 amide bonds. The van der Waals surface area contributed by atoms with Crippen LogP contribution < -0.4 is 0 Å². The molecule has 0 heterocycles. The largest absolute Gasteiger partial charge is 0.206 e. The Hall–Kier alpha value is -1.63. The van der Waals surface area contributed by atoms with E-state index in [0.717, 1.165) is 23.0 Å². The zero-order chi connectivity index (χ0) is 21.6. The van der Waals surface area contributed by atoms with Gasteiger partial charge in [0, 0.05) is 5.56 Å². The minimum absolute atomic E-state index is 0.0539. The van der Waals surface area contributed by atoms with E-state index in [1.807, 2.05) is 12.1 Å². The lowest BCUT2D eigenvalue weighted by Crippen LogP contribution is -2.13. The van der Waals surface area contributed by atoms with Gasteiger partial charge in [-0.25, -0.2) is 4.39 Å². The molecular formula is C30H41F. The van der Waals surface area contributed by atoms with Gasteiger partial charge in [0.15, 0.2) is 0 Å². The van der Waals surface area contributed by atoms with E-state index >= 15 is 4.39 Å². The summed E-state index contributed by atoms with van der Waals surface area (Å²) in [6, 6.07) is 14.8. The number of unbranched alkanes of at least 4 members (excludes halogenated alkanes) is 1. The zero-order valence-corrected chi connectivity index (χ0v) is 19.7. The van der Waals surface area contributed by atoms with Crippen molar-refractivity contribution in [3.63, 3.8) is 0 Å². The predicted octanol–water partition coefficient (Wildman–Crippen LogP) is 9.64. The van der Waals surface area contributed by atoms with Crippen LogP contribution in [-0.4, -0.2) is 0 Å². The molecule has 2 saturated carbocycles. The first kappa shape index (κ1) is 22.6. The molecular weight excluding hydrogens is 379 g/mol. The van der Waals surface area contributed by atoms with Gasteiger partial charge in [-0.2, -0.15) is 0 Å². The van der Waals surface area contributed by atoms with Crippen molar-refractivity contribution in [1.29, 1.82) is 0 Å².